The monoisotopic (exact) mass is 152 g/mol. The van der Waals surface area contributed by atoms with Crippen LogP contribution in [0.25, 0.3) is 0 Å². The van der Waals surface area contributed by atoms with Gasteiger partial charge in [-0.1, -0.05) is 0 Å². The highest BCUT2D eigenvalue weighted by atomic mass is 16.5. The third-order valence-electron chi connectivity index (χ3n) is 1.23. The minimum Gasteiger partial charge on any atom is -0.495 e. The number of rotatable bonds is 2. The van der Waals surface area contributed by atoms with Gasteiger partial charge in [0.2, 0.25) is 5.91 Å². The second-order valence-corrected chi connectivity index (χ2v) is 1.98. The first-order valence-electron chi connectivity index (χ1n) is 3.03. The number of hydrogen-bond acceptors (Lipinski definition) is 3. The Hall–Kier alpha value is -1.58. The Bertz CT molecular complexity index is 273. The van der Waals surface area contributed by atoms with Gasteiger partial charge >= 0.3 is 0 Å². The molecule has 4 heteroatoms. The van der Waals surface area contributed by atoms with Crippen molar-refractivity contribution in [2.75, 3.05) is 7.11 Å². The van der Waals surface area contributed by atoms with Crippen molar-refractivity contribution < 1.29 is 9.53 Å². The normalized spacial score (nSPS) is 9.18. The van der Waals surface area contributed by atoms with E-state index in [9.17, 15) is 4.79 Å². The Morgan fingerprint density at radius 3 is 2.91 bits per heavy atom. The van der Waals surface area contributed by atoms with Gasteiger partial charge in [0, 0.05) is 6.20 Å². The zero-order valence-electron chi connectivity index (χ0n) is 6.07. The molecule has 1 amide bonds. The highest BCUT2D eigenvalue weighted by Crippen LogP contribution is 2.08. The number of nitrogens with zero attached hydrogens (tertiary/aromatic N) is 1. The first-order chi connectivity index (χ1) is 5.24. The van der Waals surface area contributed by atoms with Gasteiger partial charge in [-0.05, 0) is 6.07 Å². The summed E-state index contributed by atoms with van der Waals surface area (Å²) in [4.78, 5) is 14.3. The molecule has 0 aliphatic rings. The number of nitrogens with two attached hydrogens (primary N) is 1. The van der Waals surface area contributed by atoms with Gasteiger partial charge in [0.15, 0.2) is 0 Å². The Balaban J connectivity index is 3.01. The Kier molecular flexibility index (Phi) is 2.06. The van der Waals surface area contributed by atoms with E-state index < -0.39 is 5.91 Å². The van der Waals surface area contributed by atoms with Gasteiger partial charge in [0.05, 0.1) is 18.9 Å². The van der Waals surface area contributed by atoms with Crippen molar-refractivity contribution in [1.29, 1.82) is 0 Å². The van der Waals surface area contributed by atoms with Gasteiger partial charge in [-0.3, -0.25) is 9.78 Å². The summed E-state index contributed by atoms with van der Waals surface area (Å²) >= 11 is 0. The maximum atomic E-state index is 10.6. The number of pyridine rings is 1. The lowest BCUT2D eigenvalue weighted by atomic mass is 10.3. The van der Waals surface area contributed by atoms with Crippen LogP contribution < -0.4 is 10.5 Å². The molecule has 0 fully saturated rings. The molecule has 0 saturated carbocycles. The zero-order chi connectivity index (χ0) is 8.27. The number of ether oxygens (including phenoxy) is 1. The molecule has 4 nitrogen and oxygen atoms in total. The van der Waals surface area contributed by atoms with Gasteiger partial charge in [-0.2, -0.15) is 0 Å². The lowest BCUT2D eigenvalue weighted by molar-refractivity contribution is 0.0999. The summed E-state index contributed by atoms with van der Waals surface area (Å²) in [7, 11) is 1.50. The van der Waals surface area contributed by atoms with Gasteiger partial charge in [-0.15, -0.1) is 0 Å². The largest absolute Gasteiger partial charge is 0.495 e. The summed E-state index contributed by atoms with van der Waals surface area (Å²) in [6, 6.07) is 1.54. The fourth-order valence-corrected chi connectivity index (χ4v) is 0.665. The van der Waals surface area contributed by atoms with Crippen LogP contribution in [-0.4, -0.2) is 18.0 Å². The van der Waals surface area contributed by atoms with Gasteiger partial charge < -0.3 is 10.5 Å². The van der Waals surface area contributed by atoms with Gasteiger partial charge in [0.25, 0.3) is 0 Å². The minimum atomic E-state index is -0.503. The van der Waals surface area contributed by atoms with E-state index >= 15 is 0 Å². The highest BCUT2D eigenvalue weighted by molar-refractivity contribution is 5.92. The molecule has 0 spiro atoms. The molecule has 1 aromatic heterocycles. The van der Waals surface area contributed by atoms with E-state index in [1.165, 1.54) is 25.6 Å². The lowest BCUT2D eigenvalue weighted by Gasteiger charge is -1.98. The highest BCUT2D eigenvalue weighted by Gasteiger charge is 2.00. The van der Waals surface area contributed by atoms with Crippen molar-refractivity contribution in [1.82, 2.24) is 4.98 Å². The summed E-state index contributed by atoms with van der Waals surface area (Å²) in [6.07, 6.45) is 2.90. The predicted molar refractivity (Wildman–Crippen MR) is 39.3 cm³/mol. The van der Waals surface area contributed by atoms with Crippen LogP contribution in [0.4, 0.5) is 0 Å². The van der Waals surface area contributed by atoms with E-state index in [-0.39, 0.29) is 0 Å². The second kappa shape index (κ2) is 3.01. The summed E-state index contributed by atoms with van der Waals surface area (Å²) in [5.41, 5.74) is 5.35. The fraction of sp³-hybridized carbons (Fsp3) is 0.143. The Morgan fingerprint density at radius 2 is 2.36 bits per heavy atom. The van der Waals surface area contributed by atoms with Crippen LogP contribution >= 0.6 is 0 Å². The smallest absolute Gasteiger partial charge is 0.250 e. The van der Waals surface area contributed by atoms with Crippen molar-refractivity contribution in [3.63, 3.8) is 0 Å². The Morgan fingerprint density at radius 1 is 1.64 bits per heavy atom. The molecule has 0 bridgehead atoms. The van der Waals surface area contributed by atoms with Crippen LogP contribution in [0.2, 0.25) is 0 Å². The molecule has 0 atom stereocenters. The number of carbonyl (C=O) groups is 1. The number of methoxy groups -OCH3 is 1. The van der Waals surface area contributed by atoms with Crippen LogP contribution in [0.3, 0.4) is 0 Å². The second-order valence-electron chi connectivity index (χ2n) is 1.98. The van der Waals surface area contributed by atoms with E-state index in [1.807, 2.05) is 0 Å². The third-order valence-corrected chi connectivity index (χ3v) is 1.23. The quantitative estimate of drug-likeness (QED) is 0.657. The standard InChI is InChI=1S/C7H8N2O2/c1-11-6-2-5(7(8)10)3-9-4-6/h2-4H,1H3,(H2,8,10). The summed E-state index contributed by atoms with van der Waals surface area (Å²) in [5, 5.41) is 0. The molecule has 1 rings (SSSR count). The van der Waals surface area contributed by atoms with Crippen molar-refractivity contribution in [2.45, 2.75) is 0 Å². The fourth-order valence-electron chi connectivity index (χ4n) is 0.665. The SMILES string of the molecule is COc1cncc(C(N)=O)c1. The third kappa shape index (κ3) is 1.67. The van der Waals surface area contributed by atoms with Crippen LogP contribution in [0, 0.1) is 0 Å². The number of amides is 1. The van der Waals surface area contributed by atoms with E-state index in [0.717, 1.165) is 0 Å². The average molecular weight is 152 g/mol. The minimum absolute atomic E-state index is 0.351. The summed E-state index contributed by atoms with van der Waals surface area (Å²) in [6.45, 7) is 0. The van der Waals surface area contributed by atoms with Gasteiger partial charge in [0.1, 0.15) is 5.75 Å². The van der Waals surface area contributed by atoms with E-state index in [1.54, 1.807) is 0 Å². The lowest BCUT2D eigenvalue weighted by Crippen LogP contribution is -2.11. The van der Waals surface area contributed by atoms with Crippen LogP contribution in [0.1, 0.15) is 10.4 Å². The number of hydrogen-bond donors (Lipinski definition) is 1. The van der Waals surface area contributed by atoms with E-state index in [0.29, 0.717) is 11.3 Å². The maximum absolute atomic E-state index is 10.6. The molecule has 0 radical (unpaired) electrons. The number of carbonyl (C=O) groups excluding carboxylic acids is 1. The van der Waals surface area contributed by atoms with Crippen LogP contribution in [0.5, 0.6) is 5.75 Å². The van der Waals surface area contributed by atoms with Crippen molar-refractivity contribution in [3.8, 4) is 5.75 Å². The van der Waals surface area contributed by atoms with Crippen LogP contribution in [-0.2, 0) is 0 Å². The molecule has 2 N–H and O–H groups in total. The molecule has 11 heavy (non-hydrogen) atoms. The molecule has 1 aromatic rings. The van der Waals surface area contributed by atoms with Crippen molar-refractivity contribution in [3.05, 3.63) is 24.0 Å². The maximum Gasteiger partial charge on any atom is 0.250 e. The number of primary amides is 1. The first kappa shape index (κ1) is 7.53. The Labute approximate surface area is 64.0 Å². The predicted octanol–water partition coefficient (Wildman–Crippen LogP) is 0.189. The molecular formula is C7H8N2O2. The van der Waals surface area contributed by atoms with Crippen molar-refractivity contribution in [2.24, 2.45) is 5.73 Å². The molecule has 0 aliphatic carbocycles. The first-order valence-corrected chi connectivity index (χ1v) is 3.03. The summed E-state index contributed by atoms with van der Waals surface area (Å²) < 4.78 is 4.83. The van der Waals surface area contributed by atoms with Crippen LogP contribution in [0.15, 0.2) is 18.5 Å². The molecule has 0 saturated heterocycles. The van der Waals surface area contributed by atoms with Gasteiger partial charge in [-0.25, -0.2) is 0 Å². The van der Waals surface area contributed by atoms with E-state index in [4.69, 9.17) is 10.5 Å². The van der Waals surface area contributed by atoms with E-state index in [2.05, 4.69) is 4.98 Å². The molecule has 0 aliphatic heterocycles. The zero-order valence-corrected chi connectivity index (χ0v) is 6.07. The topological polar surface area (TPSA) is 65.2 Å². The van der Waals surface area contributed by atoms with Crippen molar-refractivity contribution >= 4 is 5.91 Å². The molecular weight excluding hydrogens is 144 g/mol. The molecule has 0 aromatic carbocycles. The molecule has 58 valence electrons. The molecule has 1 heterocycles. The summed E-state index contributed by atoms with van der Waals surface area (Å²) in [5.74, 6) is 0.0256. The molecule has 0 unspecified atom stereocenters. The average Bonchev–Trinajstić information content (AvgIpc) is 2.05. The number of aromatic nitrogens is 1.